The van der Waals surface area contributed by atoms with Crippen molar-refractivity contribution in [2.45, 2.75) is 11.8 Å². The minimum Gasteiger partial charge on any atom is -0.272 e. The molecule has 2 aromatic rings. The largest absolute Gasteiger partial charge is 0.272 e. The van der Waals surface area contributed by atoms with E-state index in [1.165, 1.54) is 25.4 Å². The Balaban J connectivity index is 1.95. The Morgan fingerprint density at radius 3 is 2.36 bits per heavy atom. The number of likely N-dealkylation sites (N-methyl/N-ethyl adjacent to an activating group) is 1. The van der Waals surface area contributed by atoms with Crippen molar-refractivity contribution >= 4 is 38.1 Å². The predicted molar refractivity (Wildman–Crippen MR) is 101 cm³/mol. The molecule has 0 radical (unpaired) electrons. The van der Waals surface area contributed by atoms with Crippen molar-refractivity contribution < 1.29 is 13.2 Å². The van der Waals surface area contributed by atoms with Gasteiger partial charge in [0, 0.05) is 11.5 Å². The first kappa shape index (κ1) is 19.3. The van der Waals surface area contributed by atoms with Gasteiger partial charge < -0.3 is 0 Å². The van der Waals surface area contributed by atoms with Gasteiger partial charge in [-0.15, -0.1) is 0 Å². The number of hydrazone groups is 1. The number of rotatable bonds is 6. The monoisotopic (exact) mass is 423 g/mol. The van der Waals surface area contributed by atoms with Gasteiger partial charge in [-0.3, -0.25) is 4.79 Å². The average Bonchev–Trinajstić information content (AvgIpc) is 2.57. The van der Waals surface area contributed by atoms with Crippen LogP contribution in [-0.2, 0) is 14.8 Å². The first-order valence-electron chi connectivity index (χ1n) is 7.39. The Bertz CT molecular complexity index is 863. The Labute approximate surface area is 155 Å². The van der Waals surface area contributed by atoms with Gasteiger partial charge in [-0.2, -0.15) is 9.41 Å². The maximum atomic E-state index is 12.4. The molecule has 0 aliphatic rings. The van der Waals surface area contributed by atoms with Gasteiger partial charge >= 0.3 is 0 Å². The molecule has 8 heteroatoms. The molecule has 0 aromatic heterocycles. The maximum absolute atomic E-state index is 12.4. The number of amides is 1. The lowest BCUT2D eigenvalue weighted by molar-refractivity contribution is -0.121. The van der Waals surface area contributed by atoms with Gasteiger partial charge in [-0.1, -0.05) is 45.8 Å². The molecule has 0 bridgehead atoms. The van der Waals surface area contributed by atoms with E-state index in [2.05, 4.69) is 26.5 Å². The molecule has 132 valence electrons. The number of hydrogen-bond acceptors (Lipinski definition) is 4. The highest BCUT2D eigenvalue weighted by atomic mass is 79.9. The van der Waals surface area contributed by atoms with Crippen molar-refractivity contribution in [2.75, 3.05) is 13.6 Å². The van der Waals surface area contributed by atoms with E-state index in [-0.39, 0.29) is 11.4 Å². The van der Waals surface area contributed by atoms with Crippen LogP contribution in [0.5, 0.6) is 0 Å². The molecule has 0 saturated carbocycles. The first-order valence-corrected chi connectivity index (χ1v) is 9.63. The number of carbonyl (C=O) groups is 1. The minimum atomic E-state index is -3.72. The van der Waals surface area contributed by atoms with E-state index in [9.17, 15) is 13.2 Å². The Morgan fingerprint density at radius 1 is 1.16 bits per heavy atom. The van der Waals surface area contributed by atoms with Gasteiger partial charge in [0.05, 0.1) is 17.7 Å². The minimum absolute atomic E-state index is 0.145. The van der Waals surface area contributed by atoms with Gasteiger partial charge in [0.1, 0.15) is 0 Å². The van der Waals surface area contributed by atoms with Crippen molar-refractivity contribution in [2.24, 2.45) is 5.10 Å². The standard InChI is InChI=1S/C17H18BrN3O3S/c1-13-3-9-16(10-4-13)25(23,24)21(2)12-17(22)20-19-11-14-5-7-15(18)8-6-14/h3-11H,12H2,1-2H3,(H,20,22)/b19-11+. The normalized spacial score (nSPS) is 11.8. The zero-order valence-corrected chi connectivity index (χ0v) is 16.2. The molecule has 25 heavy (non-hydrogen) atoms. The number of nitrogens with one attached hydrogen (secondary N) is 1. The Morgan fingerprint density at radius 2 is 1.76 bits per heavy atom. The van der Waals surface area contributed by atoms with Crippen LogP contribution in [-0.4, -0.2) is 38.4 Å². The third kappa shape index (κ3) is 5.48. The van der Waals surface area contributed by atoms with Crippen molar-refractivity contribution in [1.29, 1.82) is 0 Å². The van der Waals surface area contributed by atoms with E-state index in [0.29, 0.717) is 0 Å². The Kier molecular flexibility index (Phi) is 6.46. The SMILES string of the molecule is Cc1ccc(S(=O)(=O)N(C)CC(=O)N/N=C/c2ccc(Br)cc2)cc1. The molecular weight excluding hydrogens is 406 g/mol. The zero-order chi connectivity index (χ0) is 18.4. The fourth-order valence-corrected chi connectivity index (χ4v) is 3.33. The second-order valence-electron chi connectivity index (χ2n) is 5.42. The van der Waals surface area contributed by atoms with Crippen LogP contribution < -0.4 is 5.43 Å². The van der Waals surface area contributed by atoms with E-state index in [4.69, 9.17) is 0 Å². The molecule has 2 aromatic carbocycles. The van der Waals surface area contributed by atoms with E-state index in [0.717, 1.165) is 19.9 Å². The van der Waals surface area contributed by atoms with Gasteiger partial charge in [-0.05, 0) is 36.8 Å². The lowest BCUT2D eigenvalue weighted by Crippen LogP contribution is -2.36. The lowest BCUT2D eigenvalue weighted by atomic mass is 10.2. The molecule has 0 aliphatic carbocycles. The molecule has 0 saturated heterocycles. The number of sulfonamides is 1. The molecule has 0 fully saturated rings. The lowest BCUT2D eigenvalue weighted by Gasteiger charge is -2.16. The van der Waals surface area contributed by atoms with Crippen molar-refractivity contribution in [1.82, 2.24) is 9.73 Å². The number of nitrogens with zero attached hydrogens (tertiary/aromatic N) is 2. The van der Waals surface area contributed by atoms with Crippen LogP contribution in [0.4, 0.5) is 0 Å². The highest BCUT2D eigenvalue weighted by Gasteiger charge is 2.22. The number of hydrogen-bond donors (Lipinski definition) is 1. The number of carbonyl (C=O) groups excluding carboxylic acids is 1. The summed E-state index contributed by atoms with van der Waals surface area (Å²) < 4.78 is 26.7. The summed E-state index contributed by atoms with van der Waals surface area (Å²) in [6.45, 7) is 1.55. The number of halogens is 1. The van der Waals surface area contributed by atoms with E-state index < -0.39 is 15.9 Å². The molecule has 0 aliphatic heterocycles. The van der Waals surface area contributed by atoms with Gasteiger partial charge in [-0.25, -0.2) is 13.8 Å². The summed E-state index contributed by atoms with van der Waals surface area (Å²) in [4.78, 5) is 12.0. The van der Waals surface area contributed by atoms with Gasteiger partial charge in [0.25, 0.3) is 5.91 Å². The summed E-state index contributed by atoms with van der Waals surface area (Å²) in [5, 5.41) is 3.83. The van der Waals surface area contributed by atoms with Crippen LogP contribution in [0.2, 0.25) is 0 Å². The quantitative estimate of drug-likeness (QED) is 0.572. The van der Waals surface area contributed by atoms with Crippen LogP contribution in [0.15, 0.2) is 63.0 Å². The number of aryl methyl sites for hydroxylation is 1. The second kappa shape index (κ2) is 8.37. The summed E-state index contributed by atoms with van der Waals surface area (Å²) in [5.41, 5.74) is 4.09. The van der Waals surface area contributed by atoms with E-state index in [1.54, 1.807) is 12.1 Å². The summed E-state index contributed by atoms with van der Waals surface area (Å²) in [5.74, 6) is -0.522. The van der Waals surface area contributed by atoms with Crippen LogP contribution in [0.25, 0.3) is 0 Å². The van der Waals surface area contributed by atoms with Crippen molar-refractivity contribution in [3.8, 4) is 0 Å². The fraction of sp³-hybridized carbons (Fsp3) is 0.176. The van der Waals surface area contributed by atoms with Crippen LogP contribution >= 0.6 is 15.9 Å². The molecule has 1 amide bonds. The summed E-state index contributed by atoms with van der Waals surface area (Å²) in [6.07, 6.45) is 1.48. The molecule has 0 heterocycles. The van der Waals surface area contributed by atoms with Crippen LogP contribution in [0.1, 0.15) is 11.1 Å². The third-order valence-electron chi connectivity index (χ3n) is 3.37. The van der Waals surface area contributed by atoms with Gasteiger partial charge in [0.2, 0.25) is 10.0 Å². The summed E-state index contributed by atoms with van der Waals surface area (Å²) in [7, 11) is -2.36. The number of benzene rings is 2. The molecular formula is C17H18BrN3O3S. The smallest absolute Gasteiger partial charge is 0.255 e. The topological polar surface area (TPSA) is 78.8 Å². The fourth-order valence-electron chi connectivity index (χ4n) is 1.94. The van der Waals surface area contributed by atoms with Crippen LogP contribution in [0, 0.1) is 6.92 Å². The average molecular weight is 424 g/mol. The van der Waals surface area contributed by atoms with Crippen LogP contribution in [0.3, 0.4) is 0 Å². The van der Waals surface area contributed by atoms with E-state index in [1.807, 2.05) is 31.2 Å². The maximum Gasteiger partial charge on any atom is 0.255 e. The highest BCUT2D eigenvalue weighted by molar-refractivity contribution is 9.10. The zero-order valence-electron chi connectivity index (χ0n) is 13.8. The predicted octanol–water partition coefficient (Wildman–Crippen LogP) is 2.53. The molecule has 0 unspecified atom stereocenters. The Hall–Kier alpha value is -2.03. The van der Waals surface area contributed by atoms with E-state index >= 15 is 0 Å². The molecule has 0 atom stereocenters. The van der Waals surface area contributed by atoms with Gasteiger partial charge in [0.15, 0.2) is 0 Å². The summed E-state index contributed by atoms with van der Waals surface area (Å²) in [6, 6.07) is 13.8. The molecule has 0 spiro atoms. The second-order valence-corrected chi connectivity index (χ2v) is 8.38. The highest BCUT2D eigenvalue weighted by Crippen LogP contribution is 2.14. The molecule has 2 rings (SSSR count). The van der Waals surface area contributed by atoms with Crippen molar-refractivity contribution in [3.63, 3.8) is 0 Å². The molecule has 1 N–H and O–H groups in total. The molecule has 6 nitrogen and oxygen atoms in total. The summed E-state index contributed by atoms with van der Waals surface area (Å²) >= 11 is 3.33. The third-order valence-corrected chi connectivity index (χ3v) is 5.71. The van der Waals surface area contributed by atoms with Crippen molar-refractivity contribution in [3.05, 3.63) is 64.1 Å². The first-order chi connectivity index (χ1) is 11.8.